The monoisotopic (exact) mass is 442 g/mol. The van der Waals surface area contributed by atoms with Gasteiger partial charge in [0.1, 0.15) is 11.5 Å². The zero-order chi connectivity index (χ0) is 22.4. The van der Waals surface area contributed by atoms with Crippen molar-refractivity contribution in [2.75, 3.05) is 5.32 Å². The predicted octanol–water partition coefficient (Wildman–Crippen LogP) is 4.16. The van der Waals surface area contributed by atoms with Gasteiger partial charge in [0.05, 0.1) is 5.56 Å². The Kier molecular flexibility index (Phi) is 5.74. The van der Waals surface area contributed by atoms with E-state index in [2.05, 4.69) is 31.2 Å². The highest BCUT2D eigenvalue weighted by molar-refractivity contribution is 7.17. The molecule has 164 valence electrons. The Bertz CT molecular complexity index is 986. The molecule has 0 aromatic carbocycles. The lowest BCUT2D eigenvalue weighted by Crippen LogP contribution is -2.27. The number of rotatable bonds is 4. The van der Waals surface area contributed by atoms with Crippen LogP contribution < -0.4 is 11.1 Å². The van der Waals surface area contributed by atoms with Crippen LogP contribution in [-0.4, -0.2) is 21.6 Å². The summed E-state index contributed by atoms with van der Waals surface area (Å²) in [6.45, 7) is 7.58. The number of fused-ring (bicyclic) bond motifs is 1. The first-order valence-corrected chi connectivity index (χ1v) is 10.4. The largest absolute Gasteiger partial charge is 0.435 e. The first kappa shape index (κ1) is 22.3. The van der Waals surface area contributed by atoms with Crippen molar-refractivity contribution in [2.45, 2.75) is 59.7 Å². The van der Waals surface area contributed by atoms with Gasteiger partial charge in [-0.15, -0.1) is 11.3 Å². The van der Waals surface area contributed by atoms with Gasteiger partial charge in [-0.1, -0.05) is 20.8 Å². The fourth-order valence-corrected chi connectivity index (χ4v) is 5.13. The number of nitrogens with zero attached hydrogens (tertiary/aromatic N) is 2. The summed E-state index contributed by atoms with van der Waals surface area (Å²) in [6.07, 6.45) is -2.16. The average molecular weight is 443 g/mol. The standard InChI is InChI=1S/C20H25F3N4O2S/c1-10-7-14(20(21,22)23)26-27(10)9-15(28)25-18-16(17(24)29)12-6-5-11(19(2,3)4)8-13(12)30-18/h7,11H,5-6,8-9H2,1-4H3,(H2,24,29)(H,25,28)/t11-/m1/s1. The zero-order valence-corrected chi connectivity index (χ0v) is 18.1. The van der Waals surface area contributed by atoms with Gasteiger partial charge in [-0.25, -0.2) is 0 Å². The summed E-state index contributed by atoms with van der Waals surface area (Å²) in [4.78, 5) is 25.6. The second-order valence-corrected chi connectivity index (χ2v) is 9.86. The van der Waals surface area contributed by atoms with Gasteiger partial charge in [0.2, 0.25) is 5.91 Å². The van der Waals surface area contributed by atoms with Gasteiger partial charge < -0.3 is 11.1 Å². The molecule has 0 saturated heterocycles. The third-order valence-electron chi connectivity index (χ3n) is 5.55. The minimum atomic E-state index is -4.58. The molecule has 0 unspecified atom stereocenters. The second kappa shape index (κ2) is 7.72. The highest BCUT2D eigenvalue weighted by Crippen LogP contribution is 2.44. The number of anilines is 1. The molecule has 2 aromatic rings. The number of alkyl halides is 3. The number of carbonyl (C=O) groups is 2. The van der Waals surface area contributed by atoms with Gasteiger partial charge >= 0.3 is 6.18 Å². The molecule has 1 aliphatic carbocycles. The molecular formula is C20H25F3N4O2S. The van der Waals surface area contributed by atoms with Gasteiger partial charge in [0.25, 0.3) is 5.91 Å². The Morgan fingerprint density at radius 1 is 1.33 bits per heavy atom. The molecule has 3 rings (SSSR count). The maximum atomic E-state index is 12.8. The Balaban J connectivity index is 1.82. The molecule has 0 saturated carbocycles. The van der Waals surface area contributed by atoms with Crippen LogP contribution in [0.4, 0.5) is 18.2 Å². The highest BCUT2D eigenvalue weighted by atomic mass is 32.1. The van der Waals surface area contributed by atoms with E-state index in [1.165, 1.54) is 18.3 Å². The number of halogens is 3. The molecule has 0 fully saturated rings. The summed E-state index contributed by atoms with van der Waals surface area (Å²) >= 11 is 1.32. The van der Waals surface area contributed by atoms with Crippen molar-refractivity contribution in [3.8, 4) is 0 Å². The second-order valence-electron chi connectivity index (χ2n) is 8.75. The molecule has 2 amide bonds. The summed E-state index contributed by atoms with van der Waals surface area (Å²) in [5.41, 5.74) is 6.04. The van der Waals surface area contributed by atoms with Crippen molar-refractivity contribution < 1.29 is 22.8 Å². The van der Waals surface area contributed by atoms with Gasteiger partial charge in [-0.05, 0) is 49.1 Å². The van der Waals surface area contributed by atoms with Crippen LogP contribution in [0.2, 0.25) is 0 Å². The number of nitrogens with one attached hydrogen (secondary N) is 1. The zero-order valence-electron chi connectivity index (χ0n) is 17.3. The van der Waals surface area contributed by atoms with Crippen molar-refractivity contribution in [1.82, 2.24) is 9.78 Å². The van der Waals surface area contributed by atoms with Crippen LogP contribution >= 0.6 is 11.3 Å². The van der Waals surface area contributed by atoms with Crippen LogP contribution in [0.1, 0.15) is 59.4 Å². The summed E-state index contributed by atoms with van der Waals surface area (Å²) in [7, 11) is 0. The lowest BCUT2D eigenvalue weighted by molar-refractivity contribution is -0.141. The molecule has 2 heterocycles. The van der Waals surface area contributed by atoms with E-state index < -0.39 is 30.2 Å². The number of thiophene rings is 1. The quantitative estimate of drug-likeness (QED) is 0.745. The molecule has 1 atom stereocenters. The molecule has 1 aliphatic rings. The first-order valence-electron chi connectivity index (χ1n) is 9.63. The van der Waals surface area contributed by atoms with Crippen LogP contribution in [0.5, 0.6) is 0 Å². The minimum Gasteiger partial charge on any atom is -0.365 e. The van der Waals surface area contributed by atoms with Crippen molar-refractivity contribution >= 4 is 28.2 Å². The number of hydrogen-bond donors (Lipinski definition) is 2. The SMILES string of the molecule is Cc1cc(C(F)(F)F)nn1CC(=O)Nc1sc2c(c1C(N)=O)CC[C@@H](C(C)(C)C)C2. The van der Waals surface area contributed by atoms with E-state index in [4.69, 9.17) is 5.73 Å². The maximum Gasteiger partial charge on any atom is 0.435 e. The Morgan fingerprint density at radius 3 is 2.53 bits per heavy atom. The molecule has 0 spiro atoms. The van der Waals surface area contributed by atoms with Gasteiger partial charge in [0, 0.05) is 10.6 Å². The summed E-state index contributed by atoms with van der Waals surface area (Å²) in [5, 5.41) is 6.48. The van der Waals surface area contributed by atoms with Crippen molar-refractivity contribution in [1.29, 1.82) is 0 Å². The number of amides is 2. The third kappa shape index (κ3) is 4.53. The Labute approximate surface area is 176 Å². The molecular weight excluding hydrogens is 417 g/mol. The number of aryl methyl sites for hydroxylation is 1. The van der Waals surface area contributed by atoms with Crippen LogP contribution in [0.15, 0.2) is 6.07 Å². The van der Waals surface area contributed by atoms with Gasteiger partial charge in [-0.3, -0.25) is 14.3 Å². The number of carbonyl (C=O) groups excluding carboxylic acids is 2. The number of primary amides is 1. The average Bonchev–Trinajstić information content (AvgIpc) is 3.13. The fraction of sp³-hybridized carbons (Fsp3) is 0.550. The van der Waals surface area contributed by atoms with Crippen molar-refractivity contribution in [3.63, 3.8) is 0 Å². The molecule has 0 aliphatic heterocycles. The van der Waals surface area contributed by atoms with Crippen LogP contribution in [-0.2, 0) is 30.4 Å². The van der Waals surface area contributed by atoms with E-state index in [1.54, 1.807) is 0 Å². The van der Waals surface area contributed by atoms with E-state index >= 15 is 0 Å². The summed E-state index contributed by atoms with van der Waals surface area (Å²) in [6, 6.07) is 0.888. The third-order valence-corrected chi connectivity index (χ3v) is 6.72. The molecule has 30 heavy (non-hydrogen) atoms. The van der Waals surface area contributed by atoms with Crippen LogP contribution in [0.25, 0.3) is 0 Å². The van der Waals surface area contributed by atoms with E-state index in [9.17, 15) is 22.8 Å². The molecule has 0 radical (unpaired) electrons. The van der Waals surface area contributed by atoms with E-state index in [-0.39, 0.29) is 11.1 Å². The van der Waals surface area contributed by atoms with E-state index in [0.29, 0.717) is 22.9 Å². The topological polar surface area (TPSA) is 90.0 Å². The minimum absolute atomic E-state index is 0.117. The molecule has 0 bridgehead atoms. The van der Waals surface area contributed by atoms with Gasteiger partial charge in [0.15, 0.2) is 5.69 Å². The van der Waals surface area contributed by atoms with E-state index in [1.807, 2.05) is 0 Å². The Morgan fingerprint density at radius 2 is 2.00 bits per heavy atom. The number of hydrogen-bond acceptors (Lipinski definition) is 4. The lowest BCUT2D eigenvalue weighted by Gasteiger charge is -2.33. The smallest absolute Gasteiger partial charge is 0.365 e. The van der Waals surface area contributed by atoms with Crippen LogP contribution in [0, 0.1) is 18.3 Å². The van der Waals surface area contributed by atoms with Gasteiger partial charge in [-0.2, -0.15) is 18.3 Å². The summed E-state index contributed by atoms with van der Waals surface area (Å²) in [5.74, 6) is -0.740. The molecule has 3 N–H and O–H groups in total. The van der Waals surface area contributed by atoms with E-state index in [0.717, 1.165) is 34.0 Å². The Hall–Kier alpha value is -2.36. The highest BCUT2D eigenvalue weighted by Gasteiger charge is 2.35. The lowest BCUT2D eigenvalue weighted by atomic mass is 9.72. The fourth-order valence-electron chi connectivity index (χ4n) is 3.78. The predicted molar refractivity (Wildman–Crippen MR) is 108 cm³/mol. The molecule has 2 aromatic heterocycles. The number of aromatic nitrogens is 2. The van der Waals surface area contributed by atoms with Crippen molar-refractivity contribution in [2.24, 2.45) is 17.1 Å². The van der Waals surface area contributed by atoms with Crippen LogP contribution in [0.3, 0.4) is 0 Å². The normalized spacial score (nSPS) is 17.0. The molecule has 10 heteroatoms. The number of nitrogens with two attached hydrogens (primary N) is 1. The first-order chi connectivity index (χ1) is 13.8. The maximum absolute atomic E-state index is 12.8. The van der Waals surface area contributed by atoms with Crippen molar-refractivity contribution in [3.05, 3.63) is 33.5 Å². The summed E-state index contributed by atoms with van der Waals surface area (Å²) < 4.78 is 39.5. The molecule has 6 nitrogen and oxygen atoms in total.